The largest absolute Gasteiger partial charge is 0.468 e. The van der Waals surface area contributed by atoms with Crippen molar-refractivity contribution in [2.24, 2.45) is 0 Å². The smallest absolute Gasteiger partial charge is 0.275 e. The number of nitrogens with two attached hydrogens (primary N) is 1. The quantitative estimate of drug-likeness (QED) is 0.665. The molecule has 2 aromatic heterocycles. The van der Waals surface area contributed by atoms with Crippen molar-refractivity contribution in [1.82, 2.24) is 4.98 Å². The Labute approximate surface area is 101 Å². The van der Waals surface area contributed by atoms with E-state index in [1.54, 1.807) is 12.3 Å². The summed E-state index contributed by atoms with van der Waals surface area (Å²) >= 11 is 1.28. The molecule has 2 N–H and O–H groups in total. The molecule has 88 valence electrons. The molecule has 0 aromatic carbocycles. The number of hydrogen-bond donors (Lipinski definition) is 1. The zero-order valence-electron chi connectivity index (χ0n) is 8.91. The molecule has 2 rings (SSSR count). The third-order valence-corrected chi connectivity index (χ3v) is 3.10. The minimum Gasteiger partial charge on any atom is -0.468 e. The lowest BCUT2D eigenvalue weighted by Gasteiger charge is -2.01. The van der Waals surface area contributed by atoms with Crippen molar-refractivity contribution in [2.75, 3.05) is 5.73 Å². The molecule has 0 amide bonds. The lowest BCUT2D eigenvalue weighted by atomic mass is 10.4. The van der Waals surface area contributed by atoms with E-state index >= 15 is 0 Å². The Kier molecular flexibility index (Phi) is 3.01. The lowest BCUT2D eigenvalue weighted by Crippen LogP contribution is -1.95. The van der Waals surface area contributed by atoms with Crippen molar-refractivity contribution in [3.63, 3.8) is 0 Å². The monoisotopic (exact) mass is 251 g/mol. The Morgan fingerprint density at radius 1 is 1.53 bits per heavy atom. The van der Waals surface area contributed by atoms with Gasteiger partial charge in [-0.3, -0.25) is 10.1 Å². The Balaban J connectivity index is 2.33. The minimum atomic E-state index is -0.496. The van der Waals surface area contributed by atoms with Gasteiger partial charge in [0.05, 0.1) is 22.1 Å². The van der Waals surface area contributed by atoms with Crippen LogP contribution in [0.5, 0.6) is 0 Å². The van der Waals surface area contributed by atoms with E-state index in [9.17, 15) is 10.1 Å². The summed E-state index contributed by atoms with van der Waals surface area (Å²) in [5.41, 5.74) is 5.44. The van der Waals surface area contributed by atoms with E-state index in [1.165, 1.54) is 23.9 Å². The molecule has 0 atom stereocenters. The molecule has 0 unspecified atom stereocenters. The fourth-order valence-corrected chi connectivity index (χ4v) is 2.13. The third-order valence-electron chi connectivity index (χ3n) is 2.04. The second-order valence-electron chi connectivity index (χ2n) is 3.29. The average molecular weight is 251 g/mol. The van der Waals surface area contributed by atoms with Crippen LogP contribution in [0.4, 0.5) is 11.5 Å². The topological polar surface area (TPSA) is 95.2 Å². The van der Waals surface area contributed by atoms with E-state index in [2.05, 4.69) is 4.98 Å². The summed E-state index contributed by atoms with van der Waals surface area (Å²) in [4.78, 5) is 15.1. The molecule has 7 heteroatoms. The second-order valence-corrected chi connectivity index (χ2v) is 4.35. The van der Waals surface area contributed by atoms with Crippen LogP contribution in [0.15, 0.2) is 38.8 Å². The molecule has 0 saturated heterocycles. The number of nitro groups is 1. The highest BCUT2D eigenvalue weighted by molar-refractivity contribution is 7.99. The van der Waals surface area contributed by atoms with E-state index in [0.29, 0.717) is 5.03 Å². The highest BCUT2D eigenvalue weighted by Crippen LogP contribution is 2.32. The maximum absolute atomic E-state index is 10.7. The van der Waals surface area contributed by atoms with Crippen LogP contribution in [0.2, 0.25) is 0 Å². The standard InChI is InChI=1S/C10H9N3O3S/c1-6-8(2-3-16-6)17-10-5-7(13(14)15)4-9(11)12-10/h2-5H,1H3,(H2,11,12). The average Bonchev–Trinajstić information content (AvgIpc) is 2.63. The van der Waals surface area contributed by atoms with Crippen LogP contribution in [0, 0.1) is 17.0 Å². The number of aromatic nitrogens is 1. The van der Waals surface area contributed by atoms with Crippen molar-refractivity contribution in [3.05, 3.63) is 40.3 Å². The predicted molar refractivity (Wildman–Crippen MR) is 62.9 cm³/mol. The van der Waals surface area contributed by atoms with Crippen molar-refractivity contribution >= 4 is 23.3 Å². The van der Waals surface area contributed by atoms with Crippen molar-refractivity contribution in [3.8, 4) is 0 Å². The highest BCUT2D eigenvalue weighted by atomic mass is 32.2. The molecule has 0 radical (unpaired) electrons. The Morgan fingerprint density at radius 2 is 2.29 bits per heavy atom. The second kappa shape index (κ2) is 4.46. The fraction of sp³-hybridized carbons (Fsp3) is 0.100. The van der Waals surface area contributed by atoms with Gasteiger partial charge in [0.1, 0.15) is 16.6 Å². The van der Waals surface area contributed by atoms with Gasteiger partial charge >= 0.3 is 0 Å². The zero-order valence-corrected chi connectivity index (χ0v) is 9.73. The van der Waals surface area contributed by atoms with Crippen molar-refractivity contribution in [2.45, 2.75) is 16.8 Å². The third kappa shape index (κ3) is 2.56. The van der Waals surface area contributed by atoms with E-state index in [1.807, 2.05) is 6.92 Å². The molecule has 0 aliphatic rings. The number of hydrogen-bond acceptors (Lipinski definition) is 6. The van der Waals surface area contributed by atoms with Gasteiger partial charge < -0.3 is 10.2 Å². The maximum Gasteiger partial charge on any atom is 0.275 e. The zero-order chi connectivity index (χ0) is 12.4. The first-order chi connectivity index (χ1) is 8.06. The minimum absolute atomic E-state index is 0.0684. The number of pyridine rings is 1. The number of rotatable bonds is 3. The van der Waals surface area contributed by atoms with Crippen molar-refractivity contribution < 1.29 is 9.34 Å². The fourth-order valence-electron chi connectivity index (χ4n) is 1.26. The molecule has 0 aliphatic heterocycles. The van der Waals surface area contributed by atoms with Gasteiger partial charge in [-0.25, -0.2) is 4.98 Å². The summed E-state index contributed by atoms with van der Waals surface area (Å²) in [6.45, 7) is 1.81. The van der Waals surface area contributed by atoms with Gasteiger partial charge in [-0.1, -0.05) is 11.8 Å². The molecule has 0 fully saturated rings. The molecule has 0 bridgehead atoms. The maximum atomic E-state index is 10.7. The SMILES string of the molecule is Cc1occc1Sc1cc([N+](=O)[O-])cc(N)n1. The Morgan fingerprint density at radius 3 is 2.88 bits per heavy atom. The molecule has 0 aliphatic carbocycles. The first kappa shape index (κ1) is 11.5. The van der Waals surface area contributed by atoms with Gasteiger partial charge in [0.25, 0.3) is 5.69 Å². The molecule has 2 heterocycles. The van der Waals surface area contributed by atoms with Crippen LogP contribution >= 0.6 is 11.8 Å². The Hall–Kier alpha value is -2.02. The molecule has 2 aromatic rings. The van der Waals surface area contributed by atoms with E-state index < -0.39 is 4.92 Å². The molecule has 6 nitrogen and oxygen atoms in total. The Bertz CT molecular complexity index is 568. The summed E-state index contributed by atoms with van der Waals surface area (Å²) in [6, 6.07) is 4.39. The first-order valence-electron chi connectivity index (χ1n) is 4.70. The van der Waals surface area contributed by atoms with Crippen LogP contribution < -0.4 is 5.73 Å². The van der Waals surface area contributed by atoms with Gasteiger partial charge in [-0.05, 0) is 13.0 Å². The molecule has 0 spiro atoms. The summed E-state index contributed by atoms with van der Waals surface area (Å²) in [6.07, 6.45) is 1.55. The van der Waals surface area contributed by atoms with Crippen LogP contribution in [0.3, 0.4) is 0 Å². The van der Waals surface area contributed by atoms with Crippen LogP contribution in [-0.2, 0) is 0 Å². The number of anilines is 1. The van der Waals surface area contributed by atoms with Crippen LogP contribution in [0.1, 0.15) is 5.76 Å². The summed E-state index contributed by atoms with van der Waals surface area (Å²) in [5, 5.41) is 11.1. The van der Waals surface area contributed by atoms with Gasteiger partial charge in [-0.15, -0.1) is 0 Å². The van der Waals surface area contributed by atoms with Crippen LogP contribution in [0.25, 0.3) is 0 Å². The van der Waals surface area contributed by atoms with E-state index in [-0.39, 0.29) is 11.5 Å². The van der Waals surface area contributed by atoms with Gasteiger partial charge in [-0.2, -0.15) is 0 Å². The molecule has 17 heavy (non-hydrogen) atoms. The summed E-state index contributed by atoms with van der Waals surface area (Å²) in [5.74, 6) is 0.865. The van der Waals surface area contributed by atoms with Crippen molar-refractivity contribution in [1.29, 1.82) is 0 Å². The number of aryl methyl sites for hydroxylation is 1. The first-order valence-corrected chi connectivity index (χ1v) is 5.52. The summed E-state index contributed by atoms with van der Waals surface area (Å²) < 4.78 is 5.13. The normalized spacial score (nSPS) is 10.4. The number of nitrogen functional groups attached to an aromatic ring is 1. The summed E-state index contributed by atoms with van der Waals surface area (Å²) in [7, 11) is 0. The highest BCUT2D eigenvalue weighted by Gasteiger charge is 2.12. The number of furan rings is 1. The van der Waals surface area contributed by atoms with Gasteiger partial charge in [0.15, 0.2) is 0 Å². The number of nitrogens with zero attached hydrogens (tertiary/aromatic N) is 2. The molecular formula is C10H9N3O3S. The molecular weight excluding hydrogens is 242 g/mol. The van der Waals surface area contributed by atoms with Gasteiger partial charge in [0, 0.05) is 6.07 Å². The predicted octanol–water partition coefficient (Wildman–Crippen LogP) is 2.62. The van der Waals surface area contributed by atoms with Gasteiger partial charge in [0.2, 0.25) is 0 Å². The lowest BCUT2D eigenvalue weighted by molar-refractivity contribution is -0.385. The van der Waals surface area contributed by atoms with Crippen LogP contribution in [-0.4, -0.2) is 9.91 Å². The molecule has 0 saturated carbocycles. The van der Waals surface area contributed by atoms with E-state index in [4.69, 9.17) is 10.2 Å². The van der Waals surface area contributed by atoms with E-state index in [0.717, 1.165) is 10.7 Å².